The maximum absolute atomic E-state index is 11.4. The molecular weight excluding hydrogens is 292 g/mol. The maximum Gasteiger partial charge on any atom is 0.273 e. The van der Waals surface area contributed by atoms with E-state index in [9.17, 15) is 16.8 Å². The Hall–Kier alpha value is -1.78. The van der Waals surface area contributed by atoms with Gasteiger partial charge < -0.3 is 0 Å². The Morgan fingerprint density at radius 3 is 2.42 bits per heavy atom. The highest BCUT2D eigenvalue weighted by Crippen LogP contribution is 2.19. The van der Waals surface area contributed by atoms with Gasteiger partial charge in [-0.3, -0.25) is 0 Å². The van der Waals surface area contributed by atoms with Gasteiger partial charge in [0.2, 0.25) is 0 Å². The molecule has 0 atom stereocenters. The van der Waals surface area contributed by atoms with Crippen LogP contribution in [0.2, 0.25) is 0 Å². The van der Waals surface area contributed by atoms with Crippen LogP contribution in [-0.2, 0) is 19.9 Å². The Morgan fingerprint density at radius 1 is 1.21 bits per heavy atom. The molecular formula is C9H10N4O4S2. The minimum atomic E-state index is -3.98. The molecule has 2 rings (SSSR count). The number of nitrogens with one attached hydrogen (secondary N) is 1. The van der Waals surface area contributed by atoms with Gasteiger partial charge in [-0.1, -0.05) is 12.1 Å². The molecule has 3 N–H and O–H groups in total. The van der Waals surface area contributed by atoms with Crippen molar-refractivity contribution < 1.29 is 16.8 Å². The number of sulfonamides is 1. The number of aromatic nitrogens is 3. The maximum atomic E-state index is 11.4. The zero-order valence-corrected chi connectivity index (χ0v) is 11.4. The summed E-state index contributed by atoms with van der Waals surface area (Å²) in [6.45, 7) is 0. The van der Waals surface area contributed by atoms with Crippen LogP contribution in [-0.4, -0.2) is 38.3 Å². The number of sulfone groups is 1. The van der Waals surface area contributed by atoms with Crippen LogP contribution in [0.1, 0.15) is 0 Å². The van der Waals surface area contributed by atoms with E-state index in [-0.39, 0.29) is 10.7 Å². The van der Waals surface area contributed by atoms with E-state index in [4.69, 9.17) is 5.14 Å². The molecule has 0 fully saturated rings. The molecule has 0 aliphatic carbocycles. The lowest BCUT2D eigenvalue weighted by molar-refractivity contribution is 0.589. The second-order valence-corrected chi connectivity index (χ2v) is 7.30. The average Bonchev–Trinajstić information content (AvgIpc) is 2.77. The quantitative estimate of drug-likeness (QED) is 0.786. The fourth-order valence-corrected chi connectivity index (χ4v) is 2.42. The number of H-pyrrole nitrogens is 1. The molecule has 0 spiro atoms. The lowest BCUT2D eigenvalue weighted by Crippen LogP contribution is -2.13. The Balaban J connectivity index is 2.52. The van der Waals surface area contributed by atoms with E-state index in [2.05, 4.69) is 15.2 Å². The van der Waals surface area contributed by atoms with Gasteiger partial charge >= 0.3 is 0 Å². The molecule has 19 heavy (non-hydrogen) atoms. The molecule has 0 aliphatic rings. The first kappa shape index (κ1) is 13.6. The number of aromatic amines is 1. The van der Waals surface area contributed by atoms with Crippen LogP contribution in [0.15, 0.2) is 34.3 Å². The molecule has 8 nitrogen and oxygen atoms in total. The molecule has 1 aromatic heterocycles. The van der Waals surface area contributed by atoms with E-state index in [1.165, 1.54) is 18.2 Å². The van der Waals surface area contributed by atoms with E-state index >= 15 is 0 Å². The van der Waals surface area contributed by atoms with Gasteiger partial charge in [0, 0.05) is 11.8 Å². The highest BCUT2D eigenvalue weighted by molar-refractivity contribution is 7.90. The zero-order valence-electron chi connectivity index (χ0n) is 9.73. The Bertz CT molecular complexity index is 823. The first-order valence-corrected chi connectivity index (χ1v) is 8.37. The third-order valence-electron chi connectivity index (χ3n) is 2.25. The van der Waals surface area contributed by atoms with Crippen LogP contribution in [0.4, 0.5) is 0 Å². The fourth-order valence-electron chi connectivity index (χ4n) is 1.37. The number of nitrogens with two attached hydrogens (primary N) is 1. The third-order valence-corrected chi connectivity index (χ3v) is 4.09. The third kappa shape index (κ3) is 2.97. The van der Waals surface area contributed by atoms with Crippen molar-refractivity contribution >= 4 is 19.9 Å². The number of benzene rings is 1. The lowest BCUT2D eigenvalue weighted by atomic mass is 10.2. The predicted octanol–water partition coefficient (Wildman–Crippen LogP) is -0.477. The predicted molar refractivity (Wildman–Crippen MR) is 66.3 cm³/mol. The summed E-state index contributed by atoms with van der Waals surface area (Å²) < 4.78 is 44.9. The van der Waals surface area contributed by atoms with Crippen LogP contribution >= 0.6 is 0 Å². The summed E-state index contributed by atoms with van der Waals surface area (Å²) in [6, 6.07) is 5.85. The van der Waals surface area contributed by atoms with Gasteiger partial charge in [0.05, 0.1) is 4.90 Å². The van der Waals surface area contributed by atoms with Gasteiger partial charge in [-0.25, -0.2) is 27.1 Å². The van der Waals surface area contributed by atoms with Crippen LogP contribution in [0.5, 0.6) is 0 Å². The monoisotopic (exact) mass is 302 g/mol. The molecule has 1 heterocycles. The molecule has 0 radical (unpaired) electrons. The van der Waals surface area contributed by atoms with Crippen molar-refractivity contribution in [2.45, 2.75) is 10.1 Å². The van der Waals surface area contributed by atoms with Crippen LogP contribution in [0.25, 0.3) is 11.4 Å². The summed E-state index contributed by atoms with van der Waals surface area (Å²) >= 11 is 0. The second-order valence-electron chi connectivity index (χ2n) is 3.81. The summed E-state index contributed by atoms with van der Waals surface area (Å²) in [6.07, 6.45) is 1.07. The zero-order chi connectivity index (χ0) is 14.3. The summed E-state index contributed by atoms with van der Waals surface area (Å²) in [5.74, 6) is 0.0505. The SMILES string of the molecule is CS(=O)(=O)c1cccc(-c2n[nH]c(S(N)(=O)=O)n2)c1. The first-order valence-electron chi connectivity index (χ1n) is 4.93. The topological polar surface area (TPSA) is 136 Å². The molecule has 0 saturated carbocycles. The molecule has 0 unspecified atom stereocenters. The standard InChI is InChI=1S/C9H10N4O4S2/c1-18(14,15)7-4-2-3-6(5-7)8-11-9(13-12-8)19(10,16)17/h2-5H,1H3,(H2,10,16,17)(H,11,12,13). The van der Waals surface area contributed by atoms with E-state index in [0.29, 0.717) is 5.56 Å². The minimum Gasteiger partial charge on any atom is -0.248 e. The van der Waals surface area contributed by atoms with Crippen molar-refractivity contribution in [2.75, 3.05) is 6.26 Å². The summed E-state index contributed by atoms with van der Waals surface area (Å²) in [4.78, 5) is 3.79. The summed E-state index contributed by atoms with van der Waals surface area (Å²) in [5.41, 5.74) is 0.370. The van der Waals surface area contributed by atoms with Gasteiger partial charge in [0.25, 0.3) is 15.2 Å². The van der Waals surface area contributed by atoms with Crippen molar-refractivity contribution in [3.05, 3.63) is 24.3 Å². The normalized spacial score (nSPS) is 12.5. The molecule has 10 heteroatoms. The van der Waals surface area contributed by atoms with Crippen LogP contribution in [0, 0.1) is 0 Å². The lowest BCUT2D eigenvalue weighted by Gasteiger charge is -1.99. The molecule has 1 aromatic carbocycles. The largest absolute Gasteiger partial charge is 0.273 e. The number of primary sulfonamides is 1. The van der Waals surface area contributed by atoms with E-state index < -0.39 is 25.0 Å². The smallest absolute Gasteiger partial charge is 0.248 e. The highest BCUT2D eigenvalue weighted by Gasteiger charge is 2.16. The van der Waals surface area contributed by atoms with E-state index in [1.54, 1.807) is 6.07 Å². The Morgan fingerprint density at radius 2 is 1.89 bits per heavy atom. The molecule has 0 amide bonds. The number of rotatable bonds is 3. The molecule has 0 saturated heterocycles. The van der Waals surface area contributed by atoms with Crippen molar-refractivity contribution in [3.63, 3.8) is 0 Å². The van der Waals surface area contributed by atoms with Gasteiger partial charge in [-0.05, 0) is 12.1 Å². The Kier molecular flexibility index (Phi) is 3.16. The molecule has 2 aromatic rings. The Labute approximate surface area is 109 Å². The highest BCUT2D eigenvalue weighted by atomic mass is 32.2. The van der Waals surface area contributed by atoms with Gasteiger partial charge in [0.15, 0.2) is 15.7 Å². The average molecular weight is 302 g/mol. The first-order chi connectivity index (χ1) is 8.68. The minimum absolute atomic E-state index is 0.0505. The van der Waals surface area contributed by atoms with Gasteiger partial charge in [-0.15, -0.1) is 0 Å². The van der Waals surface area contributed by atoms with Gasteiger partial charge in [-0.2, -0.15) is 10.1 Å². The number of hydrogen-bond donors (Lipinski definition) is 2. The van der Waals surface area contributed by atoms with E-state index in [0.717, 1.165) is 6.26 Å². The van der Waals surface area contributed by atoms with E-state index in [1.807, 2.05) is 0 Å². The number of hydrogen-bond acceptors (Lipinski definition) is 6. The number of nitrogens with zero attached hydrogens (tertiary/aromatic N) is 2. The van der Waals surface area contributed by atoms with Crippen molar-refractivity contribution in [3.8, 4) is 11.4 Å². The molecule has 0 bridgehead atoms. The van der Waals surface area contributed by atoms with Gasteiger partial charge in [0.1, 0.15) is 0 Å². The summed E-state index contributed by atoms with van der Waals surface area (Å²) in [5, 5.41) is 10.3. The van der Waals surface area contributed by atoms with Crippen molar-refractivity contribution in [1.82, 2.24) is 15.2 Å². The van der Waals surface area contributed by atoms with Crippen LogP contribution in [0.3, 0.4) is 0 Å². The molecule has 0 aliphatic heterocycles. The van der Waals surface area contributed by atoms with Crippen molar-refractivity contribution in [2.24, 2.45) is 5.14 Å². The van der Waals surface area contributed by atoms with Crippen molar-refractivity contribution in [1.29, 1.82) is 0 Å². The summed E-state index contributed by atoms with van der Waals surface area (Å²) in [7, 11) is -7.34. The molecule has 102 valence electrons. The fraction of sp³-hybridized carbons (Fsp3) is 0.111. The van der Waals surface area contributed by atoms with Crippen LogP contribution < -0.4 is 5.14 Å². The second kappa shape index (κ2) is 4.40.